The second-order valence-electron chi connectivity index (χ2n) is 9.28. The van der Waals surface area contributed by atoms with Crippen LogP contribution in [-0.4, -0.2) is 27.2 Å². The average molecular weight is 428 g/mol. The van der Waals surface area contributed by atoms with Crippen molar-refractivity contribution in [3.8, 4) is 5.75 Å². The highest BCUT2D eigenvalue weighted by atomic mass is 31.1. The van der Waals surface area contributed by atoms with Gasteiger partial charge in [0.1, 0.15) is 5.75 Å². The highest BCUT2D eigenvalue weighted by Crippen LogP contribution is 2.50. The van der Waals surface area contributed by atoms with Crippen LogP contribution >= 0.6 is 8.58 Å². The molecule has 0 aromatic heterocycles. The maximum Gasteiger partial charge on any atom is 0.188 e. The molecule has 2 unspecified atom stereocenters. The van der Waals surface area contributed by atoms with Crippen molar-refractivity contribution >= 4 is 20.1 Å². The molecule has 2 rings (SSSR count). The van der Waals surface area contributed by atoms with Gasteiger partial charge in [0.15, 0.2) is 6.79 Å². The summed E-state index contributed by atoms with van der Waals surface area (Å²) >= 11 is 0. The second kappa shape index (κ2) is 10.1. The Labute approximate surface area is 185 Å². The first-order chi connectivity index (χ1) is 14.1. The zero-order chi connectivity index (χ0) is 22.5. The van der Waals surface area contributed by atoms with Gasteiger partial charge in [-0.1, -0.05) is 78.6 Å². The molecule has 3 nitrogen and oxygen atoms in total. The second-order valence-corrected chi connectivity index (χ2v) is 11.2. The summed E-state index contributed by atoms with van der Waals surface area (Å²) in [5, 5.41) is 1.28. The predicted molar refractivity (Wildman–Crippen MR) is 133 cm³/mol. The Bertz CT molecular complexity index is 899. The maximum atomic E-state index is 6.24. The van der Waals surface area contributed by atoms with Crippen LogP contribution in [0.5, 0.6) is 5.75 Å². The minimum atomic E-state index is -0.0549. The summed E-state index contributed by atoms with van der Waals surface area (Å²) in [5.41, 5.74) is 6.21. The highest BCUT2D eigenvalue weighted by molar-refractivity contribution is 7.48. The number of aliphatic imine (C=N–C) groups is 1. The van der Waals surface area contributed by atoms with Gasteiger partial charge in [0.25, 0.3) is 0 Å². The number of nitrogens with zero attached hydrogens (tertiary/aromatic N) is 1. The molecule has 30 heavy (non-hydrogen) atoms. The lowest BCUT2D eigenvalue weighted by molar-refractivity contribution is 0.0487. The number of benzene rings is 2. The van der Waals surface area contributed by atoms with E-state index in [0.717, 1.165) is 12.2 Å². The van der Waals surface area contributed by atoms with Gasteiger partial charge in [-0.05, 0) is 42.6 Å². The molecule has 2 aromatic rings. The Morgan fingerprint density at radius 2 is 1.67 bits per heavy atom. The first-order valence-electron chi connectivity index (χ1n) is 10.6. The normalized spacial score (nSPS) is 14.6. The van der Waals surface area contributed by atoms with Crippen molar-refractivity contribution in [1.82, 2.24) is 0 Å². The molecule has 0 amide bonds. The topological polar surface area (TPSA) is 30.8 Å². The van der Waals surface area contributed by atoms with E-state index in [1.54, 1.807) is 7.11 Å². The quantitative estimate of drug-likeness (QED) is 0.283. The third kappa shape index (κ3) is 5.71. The van der Waals surface area contributed by atoms with E-state index >= 15 is 0 Å². The number of methoxy groups -OCH3 is 1. The molecule has 0 radical (unpaired) electrons. The number of hydrogen-bond donors (Lipinski definition) is 0. The van der Waals surface area contributed by atoms with Gasteiger partial charge in [0.05, 0.1) is 0 Å². The lowest BCUT2D eigenvalue weighted by Crippen LogP contribution is -2.24. The predicted octanol–water partition coefficient (Wildman–Crippen LogP) is 6.26. The van der Waals surface area contributed by atoms with E-state index in [9.17, 15) is 0 Å². The van der Waals surface area contributed by atoms with Gasteiger partial charge in [-0.25, -0.2) is 0 Å². The minimum absolute atomic E-state index is 0.0223. The van der Waals surface area contributed by atoms with Gasteiger partial charge in [0.2, 0.25) is 0 Å². The molecule has 4 heteroatoms. The summed E-state index contributed by atoms with van der Waals surface area (Å²) in [6.45, 7) is 15.9. The van der Waals surface area contributed by atoms with E-state index in [4.69, 9.17) is 9.47 Å². The van der Waals surface area contributed by atoms with E-state index in [2.05, 4.69) is 83.8 Å². The van der Waals surface area contributed by atoms with Crippen molar-refractivity contribution in [2.45, 2.75) is 65.5 Å². The van der Waals surface area contributed by atoms with Crippen molar-refractivity contribution in [1.29, 1.82) is 0 Å². The Balaban J connectivity index is 2.68. The fraction of sp³-hybridized carbons (Fsp3) is 0.500. The van der Waals surface area contributed by atoms with E-state index in [1.165, 1.54) is 33.1 Å². The van der Waals surface area contributed by atoms with Crippen LogP contribution in [0.4, 0.5) is 0 Å². The summed E-state index contributed by atoms with van der Waals surface area (Å²) in [5.74, 6) is 0.977. The molecule has 0 N–H and O–H groups in total. The molecular weight excluding hydrogens is 389 g/mol. The number of aryl methyl sites for hydroxylation is 2. The van der Waals surface area contributed by atoms with Crippen LogP contribution in [0, 0.1) is 13.8 Å². The first kappa shape index (κ1) is 24.6. The monoisotopic (exact) mass is 427 g/mol. The summed E-state index contributed by atoms with van der Waals surface area (Å²) < 4.78 is 11.5. The van der Waals surface area contributed by atoms with Crippen molar-refractivity contribution in [3.05, 3.63) is 58.1 Å². The van der Waals surface area contributed by atoms with Crippen molar-refractivity contribution in [2.24, 2.45) is 4.99 Å². The highest BCUT2D eigenvalue weighted by Gasteiger charge is 2.33. The van der Waals surface area contributed by atoms with Crippen LogP contribution < -0.4 is 10.0 Å². The molecular formula is C26H38NO2P. The van der Waals surface area contributed by atoms with Gasteiger partial charge in [-0.15, -0.1) is 0 Å². The number of hydrogen-bond acceptors (Lipinski definition) is 3. The third-order valence-electron chi connectivity index (χ3n) is 5.55. The van der Waals surface area contributed by atoms with Gasteiger partial charge in [0, 0.05) is 36.7 Å². The SMILES string of the molecule is CCC(C)(Pc1ccc(C)cc1/C=N/C)c1cc(C)cc(C(C)(C)C)c1OCOC. The van der Waals surface area contributed by atoms with Crippen LogP contribution in [-0.2, 0) is 15.3 Å². The summed E-state index contributed by atoms with van der Waals surface area (Å²) in [4.78, 5) is 4.29. The van der Waals surface area contributed by atoms with E-state index < -0.39 is 0 Å². The minimum Gasteiger partial charge on any atom is -0.467 e. The Morgan fingerprint density at radius 1 is 1.00 bits per heavy atom. The lowest BCUT2D eigenvalue weighted by atomic mass is 9.81. The molecule has 2 aromatic carbocycles. The maximum absolute atomic E-state index is 6.24. The fourth-order valence-corrected chi connectivity index (χ4v) is 5.24. The first-order valence-corrected chi connectivity index (χ1v) is 11.6. The van der Waals surface area contributed by atoms with Crippen LogP contribution in [0.15, 0.2) is 35.3 Å². The van der Waals surface area contributed by atoms with Gasteiger partial charge >= 0.3 is 0 Å². The van der Waals surface area contributed by atoms with E-state index in [1.807, 2.05) is 13.3 Å². The summed E-state index contributed by atoms with van der Waals surface area (Å²) in [6.07, 6.45) is 2.99. The molecule has 0 aliphatic heterocycles. The van der Waals surface area contributed by atoms with Crippen LogP contribution in [0.1, 0.15) is 68.9 Å². The molecule has 164 valence electrons. The Hall–Kier alpha value is -1.70. The molecule has 0 aliphatic rings. The lowest BCUT2D eigenvalue weighted by Gasteiger charge is -2.35. The zero-order valence-electron chi connectivity index (χ0n) is 20.1. The van der Waals surface area contributed by atoms with Crippen molar-refractivity contribution in [3.63, 3.8) is 0 Å². The molecule has 0 heterocycles. The molecule has 0 bridgehead atoms. The van der Waals surface area contributed by atoms with E-state index in [0.29, 0.717) is 8.58 Å². The van der Waals surface area contributed by atoms with Crippen LogP contribution in [0.2, 0.25) is 0 Å². The van der Waals surface area contributed by atoms with E-state index in [-0.39, 0.29) is 17.4 Å². The zero-order valence-corrected chi connectivity index (χ0v) is 21.1. The van der Waals surface area contributed by atoms with Crippen LogP contribution in [0.25, 0.3) is 0 Å². The summed E-state index contributed by atoms with van der Waals surface area (Å²) in [7, 11) is 4.11. The van der Waals surface area contributed by atoms with Gasteiger partial charge < -0.3 is 9.47 Å². The molecule has 0 fully saturated rings. The molecule has 0 spiro atoms. The number of rotatable bonds is 8. The Morgan fingerprint density at radius 3 is 2.23 bits per heavy atom. The third-order valence-corrected chi connectivity index (χ3v) is 7.45. The standard InChI is InChI=1S/C26H38NO2P/c1-10-26(7,30-23-12-11-18(2)13-20(23)16-27-8)22-15-19(3)14-21(25(4,5)6)24(22)29-17-28-9/h11-16,30H,10,17H2,1-9H3/b27-16+. The smallest absolute Gasteiger partial charge is 0.188 e. The van der Waals surface area contributed by atoms with Crippen molar-refractivity contribution in [2.75, 3.05) is 21.0 Å². The average Bonchev–Trinajstić information content (AvgIpc) is 2.68. The van der Waals surface area contributed by atoms with Crippen molar-refractivity contribution < 1.29 is 9.47 Å². The largest absolute Gasteiger partial charge is 0.467 e. The van der Waals surface area contributed by atoms with Crippen LogP contribution in [0.3, 0.4) is 0 Å². The fourth-order valence-electron chi connectivity index (χ4n) is 3.70. The number of ether oxygens (including phenoxy) is 2. The molecule has 2 atom stereocenters. The summed E-state index contributed by atoms with van der Waals surface area (Å²) in [6, 6.07) is 11.2. The van der Waals surface area contributed by atoms with Gasteiger partial charge in [-0.3, -0.25) is 4.99 Å². The molecule has 0 aliphatic carbocycles. The van der Waals surface area contributed by atoms with Gasteiger partial charge in [-0.2, -0.15) is 0 Å². The molecule has 0 saturated heterocycles. The molecule has 0 saturated carbocycles. The Kier molecular flexibility index (Phi) is 8.25.